The standard InChI is InChI=1S/C5H8S2.H3O4P/c1-4-3-6-7-5(4)2;1-5(2,3)4/h3,5H,1-2H3;(H3,1,2,3,4). The zero-order valence-corrected chi connectivity index (χ0v) is 9.20. The molecule has 0 spiro atoms. The molecule has 72 valence electrons. The lowest BCUT2D eigenvalue weighted by molar-refractivity contribution is 0.275. The molecule has 1 atom stereocenters. The van der Waals surface area contributed by atoms with E-state index in [2.05, 4.69) is 19.3 Å². The largest absolute Gasteiger partial charge is 0.466 e. The van der Waals surface area contributed by atoms with Crippen LogP contribution in [0.1, 0.15) is 13.8 Å². The Hall–Kier alpha value is 0.550. The first-order chi connectivity index (χ1) is 5.30. The highest BCUT2D eigenvalue weighted by Crippen LogP contribution is 2.39. The van der Waals surface area contributed by atoms with Gasteiger partial charge in [-0.2, -0.15) is 0 Å². The Kier molecular flexibility index (Phi) is 5.56. The van der Waals surface area contributed by atoms with Gasteiger partial charge in [0.2, 0.25) is 0 Å². The highest BCUT2D eigenvalue weighted by molar-refractivity contribution is 8.78. The van der Waals surface area contributed by atoms with Gasteiger partial charge in [-0.3, -0.25) is 0 Å². The smallest absolute Gasteiger partial charge is 0.303 e. The van der Waals surface area contributed by atoms with Gasteiger partial charge in [-0.15, -0.1) is 0 Å². The third-order valence-corrected chi connectivity index (χ3v) is 3.80. The number of hydrogen-bond acceptors (Lipinski definition) is 3. The molecule has 0 aromatic carbocycles. The van der Waals surface area contributed by atoms with Crippen molar-refractivity contribution in [3.8, 4) is 0 Å². The fourth-order valence-electron chi connectivity index (χ4n) is 0.359. The molecule has 0 aromatic heterocycles. The Morgan fingerprint density at radius 1 is 1.50 bits per heavy atom. The summed E-state index contributed by atoms with van der Waals surface area (Å²) in [7, 11) is -0.865. The van der Waals surface area contributed by atoms with Crippen LogP contribution in [0.2, 0.25) is 0 Å². The normalized spacial score (nSPS) is 22.8. The van der Waals surface area contributed by atoms with Gasteiger partial charge in [0.1, 0.15) is 0 Å². The molecule has 1 aliphatic rings. The molecule has 0 bridgehead atoms. The van der Waals surface area contributed by atoms with Gasteiger partial charge in [0, 0.05) is 5.25 Å². The minimum Gasteiger partial charge on any atom is -0.303 e. The zero-order valence-electron chi connectivity index (χ0n) is 6.67. The Labute approximate surface area is 79.1 Å². The molecule has 1 rings (SSSR count). The third-order valence-electron chi connectivity index (χ3n) is 1.08. The van der Waals surface area contributed by atoms with E-state index in [9.17, 15) is 0 Å². The van der Waals surface area contributed by atoms with Crippen LogP contribution in [0.25, 0.3) is 0 Å². The van der Waals surface area contributed by atoms with Crippen molar-refractivity contribution in [2.45, 2.75) is 19.1 Å². The molecule has 1 heterocycles. The number of hydrogen-bond donors (Lipinski definition) is 3. The molecule has 0 aliphatic carbocycles. The van der Waals surface area contributed by atoms with Crippen molar-refractivity contribution < 1.29 is 19.2 Å². The van der Waals surface area contributed by atoms with Crippen LogP contribution in [0.15, 0.2) is 11.0 Å². The lowest BCUT2D eigenvalue weighted by Crippen LogP contribution is -1.88. The van der Waals surface area contributed by atoms with Crippen LogP contribution >= 0.6 is 29.4 Å². The summed E-state index contributed by atoms with van der Waals surface area (Å²) >= 11 is 0. The molecule has 0 fully saturated rings. The molecule has 0 saturated heterocycles. The summed E-state index contributed by atoms with van der Waals surface area (Å²) in [6, 6.07) is 0. The van der Waals surface area contributed by atoms with Gasteiger partial charge in [0.15, 0.2) is 0 Å². The first kappa shape index (κ1) is 12.6. The molecular weight excluding hydrogens is 219 g/mol. The summed E-state index contributed by atoms with van der Waals surface area (Å²) in [5.74, 6) is 0. The van der Waals surface area contributed by atoms with Crippen molar-refractivity contribution in [3.05, 3.63) is 11.0 Å². The summed E-state index contributed by atoms with van der Waals surface area (Å²) in [6.45, 7) is 4.41. The Morgan fingerprint density at radius 3 is 2.00 bits per heavy atom. The van der Waals surface area contributed by atoms with E-state index < -0.39 is 7.82 Å². The van der Waals surface area contributed by atoms with E-state index in [1.165, 1.54) is 5.57 Å². The monoisotopic (exact) mass is 230 g/mol. The molecule has 1 aliphatic heterocycles. The molecule has 0 amide bonds. The van der Waals surface area contributed by atoms with Crippen LogP contribution < -0.4 is 0 Å². The molecule has 7 heteroatoms. The van der Waals surface area contributed by atoms with Crippen LogP contribution in [0.5, 0.6) is 0 Å². The summed E-state index contributed by atoms with van der Waals surface area (Å²) in [5.41, 5.74) is 1.51. The molecule has 0 radical (unpaired) electrons. The molecule has 0 aromatic rings. The van der Waals surface area contributed by atoms with Crippen LogP contribution in [0.4, 0.5) is 0 Å². The fourth-order valence-corrected chi connectivity index (χ4v) is 2.82. The van der Waals surface area contributed by atoms with Gasteiger partial charge in [0.25, 0.3) is 0 Å². The van der Waals surface area contributed by atoms with Crippen molar-refractivity contribution in [2.75, 3.05) is 0 Å². The molecule has 1 unspecified atom stereocenters. The summed E-state index contributed by atoms with van der Waals surface area (Å²) < 4.78 is 8.88. The maximum Gasteiger partial charge on any atom is 0.466 e. The highest BCUT2D eigenvalue weighted by Gasteiger charge is 2.09. The maximum absolute atomic E-state index is 8.88. The van der Waals surface area contributed by atoms with E-state index in [0.29, 0.717) is 0 Å². The number of rotatable bonds is 0. The van der Waals surface area contributed by atoms with Gasteiger partial charge < -0.3 is 14.7 Å². The topological polar surface area (TPSA) is 77.8 Å². The van der Waals surface area contributed by atoms with E-state index >= 15 is 0 Å². The van der Waals surface area contributed by atoms with Gasteiger partial charge in [-0.1, -0.05) is 27.2 Å². The fraction of sp³-hybridized carbons (Fsp3) is 0.600. The van der Waals surface area contributed by atoms with Gasteiger partial charge in [-0.05, 0) is 19.3 Å². The van der Waals surface area contributed by atoms with Crippen LogP contribution in [-0.2, 0) is 4.57 Å². The van der Waals surface area contributed by atoms with Crippen LogP contribution in [-0.4, -0.2) is 19.9 Å². The maximum atomic E-state index is 8.88. The lowest BCUT2D eigenvalue weighted by atomic mass is 10.3. The van der Waals surface area contributed by atoms with Crippen LogP contribution in [0, 0.1) is 0 Å². The van der Waals surface area contributed by atoms with E-state index in [-0.39, 0.29) is 0 Å². The van der Waals surface area contributed by atoms with Crippen molar-refractivity contribution in [2.24, 2.45) is 0 Å². The van der Waals surface area contributed by atoms with Gasteiger partial charge in [0.05, 0.1) is 0 Å². The molecule has 12 heavy (non-hydrogen) atoms. The predicted molar refractivity (Wildman–Crippen MR) is 52.7 cm³/mol. The van der Waals surface area contributed by atoms with E-state index in [4.69, 9.17) is 19.2 Å². The summed E-state index contributed by atoms with van der Waals surface area (Å²) in [5, 5.41) is 2.97. The van der Waals surface area contributed by atoms with E-state index in [1.54, 1.807) is 0 Å². The van der Waals surface area contributed by atoms with Gasteiger partial charge in [-0.25, -0.2) is 4.57 Å². The Bertz CT molecular complexity index is 203. The summed E-state index contributed by atoms with van der Waals surface area (Å²) in [6.07, 6.45) is 0. The minimum absolute atomic E-state index is 0.755. The van der Waals surface area contributed by atoms with Crippen LogP contribution in [0.3, 0.4) is 0 Å². The second kappa shape index (κ2) is 5.32. The Morgan fingerprint density at radius 2 is 1.92 bits per heavy atom. The van der Waals surface area contributed by atoms with Crippen molar-refractivity contribution >= 4 is 29.4 Å². The minimum atomic E-state index is -4.64. The predicted octanol–water partition coefficient (Wildman–Crippen LogP) is 1.75. The summed E-state index contributed by atoms with van der Waals surface area (Å²) in [4.78, 5) is 21.6. The molecule has 0 saturated carbocycles. The van der Waals surface area contributed by atoms with E-state index in [1.807, 2.05) is 21.6 Å². The van der Waals surface area contributed by atoms with Crippen molar-refractivity contribution in [3.63, 3.8) is 0 Å². The third kappa shape index (κ3) is 8.64. The van der Waals surface area contributed by atoms with Gasteiger partial charge >= 0.3 is 7.82 Å². The highest BCUT2D eigenvalue weighted by atomic mass is 33.1. The second-order valence-corrected chi connectivity index (χ2v) is 5.72. The molecular formula is C5H11O4PS2. The SMILES string of the molecule is CC1=CSSC1C.O=P(O)(O)O. The molecule has 3 N–H and O–H groups in total. The van der Waals surface area contributed by atoms with Crippen molar-refractivity contribution in [1.82, 2.24) is 0 Å². The van der Waals surface area contributed by atoms with E-state index in [0.717, 1.165) is 5.25 Å². The Balaban J connectivity index is 0.000000217. The second-order valence-electron chi connectivity index (χ2n) is 2.21. The number of phosphoric acid groups is 1. The lowest BCUT2D eigenvalue weighted by Gasteiger charge is -1.96. The first-order valence-electron chi connectivity index (χ1n) is 3.08. The van der Waals surface area contributed by atoms with Crippen molar-refractivity contribution in [1.29, 1.82) is 0 Å². The quantitative estimate of drug-likeness (QED) is 0.434. The molecule has 4 nitrogen and oxygen atoms in total. The average molecular weight is 230 g/mol. The first-order valence-corrected chi connectivity index (χ1v) is 6.92. The zero-order chi connectivity index (χ0) is 9.78. The average Bonchev–Trinajstić information content (AvgIpc) is 2.12.